The van der Waals surface area contributed by atoms with Crippen LogP contribution in [0.1, 0.15) is 25.3 Å². The second kappa shape index (κ2) is 7.25. The zero-order chi connectivity index (χ0) is 15.1. The molecule has 0 saturated carbocycles. The highest BCUT2D eigenvalue weighted by Crippen LogP contribution is 2.25. The monoisotopic (exact) mass is 279 g/mol. The minimum atomic E-state index is 0.108. The lowest BCUT2D eigenvalue weighted by Crippen LogP contribution is -2.10. The van der Waals surface area contributed by atoms with Gasteiger partial charge in [0, 0.05) is 6.42 Å². The molecule has 0 spiro atoms. The van der Waals surface area contributed by atoms with Gasteiger partial charge in [-0.1, -0.05) is 37.3 Å². The minimum absolute atomic E-state index is 0.108. The summed E-state index contributed by atoms with van der Waals surface area (Å²) in [6.45, 7) is 2.08. The van der Waals surface area contributed by atoms with Crippen molar-refractivity contribution in [2.45, 2.75) is 19.8 Å². The molecular formula is C18H17NO2. The number of nitrogens with zero attached hydrogens (tertiary/aromatic N) is 1. The van der Waals surface area contributed by atoms with E-state index in [1.807, 2.05) is 49.4 Å². The van der Waals surface area contributed by atoms with Gasteiger partial charge < -0.3 is 4.74 Å². The molecule has 0 bridgehead atoms. The van der Waals surface area contributed by atoms with E-state index in [0.29, 0.717) is 17.7 Å². The third-order valence-electron chi connectivity index (χ3n) is 3.14. The Morgan fingerprint density at radius 1 is 1.14 bits per heavy atom. The molecule has 0 atom stereocenters. The van der Waals surface area contributed by atoms with Gasteiger partial charge in [-0.2, -0.15) is 5.26 Å². The summed E-state index contributed by atoms with van der Waals surface area (Å²) in [5.41, 5.74) is 2.50. The van der Waals surface area contributed by atoms with Crippen LogP contribution in [0.3, 0.4) is 0 Å². The van der Waals surface area contributed by atoms with Gasteiger partial charge >= 0.3 is 0 Å². The molecule has 0 aliphatic heterocycles. The van der Waals surface area contributed by atoms with E-state index in [9.17, 15) is 4.79 Å². The summed E-state index contributed by atoms with van der Waals surface area (Å²) in [7, 11) is 0. The highest BCUT2D eigenvalue weighted by molar-refractivity contribution is 5.79. The van der Waals surface area contributed by atoms with Crippen LogP contribution in [0.4, 0.5) is 0 Å². The van der Waals surface area contributed by atoms with Gasteiger partial charge in [-0.25, -0.2) is 0 Å². The highest BCUT2D eigenvalue weighted by atomic mass is 16.5. The lowest BCUT2D eigenvalue weighted by Gasteiger charge is -2.07. The summed E-state index contributed by atoms with van der Waals surface area (Å²) in [6, 6.07) is 17.1. The van der Waals surface area contributed by atoms with E-state index >= 15 is 0 Å². The van der Waals surface area contributed by atoms with Crippen LogP contribution in [0.25, 0.3) is 11.1 Å². The molecule has 2 aromatic carbocycles. The van der Waals surface area contributed by atoms with Crippen molar-refractivity contribution in [3.63, 3.8) is 0 Å². The van der Waals surface area contributed by atoms with E-state index in [-0.39, 0.29) is 12.4 Å². The van der Waals surface area contributed by atoms with Gasteiger partial charge in [0.2, 0.25) is 0 Å². The average molecular weight is 279 g/mol. The van der Waals surface area contributed by atoms with E-state index in [1.54, 1.807) is 6.07 Å². The number of hydrogen-bond donors (Lipinski definition) is 0. The maximum atomic E-state index is 11.4. The number of hydrogen-bond acceptors (Lipinski definition) is 3. The first kappa shape index (κ1) is 14.8. The van der Waals surface area contributed by atoms with Crippen molar-refractivity contribution in [3.05, 3.63) is 54.1 Å². The average Bonchev–Trinajstić information content (AvgIpc) is 2.54. The smallest absolute Gasteiger partial charge is 0.170 e. The van der Waals surface area contributed by atoms with Crippen LogP contribution in [-0.2, 0) is 4.79 Å². The van der Waals surface area contributed by atoms with Crippen molar-refractivity contribution in [1.29, 1.82) is 5.26 Å². The molecule has 3 nitrogen and oxygen atoms in total. The topological polar surface area (TPSA) is 50.1 Å². The van der Waals surface area contributed by atoms with Gasteiger partial charge in [0.15, 0.2) is 5.78 Å². The van der Waals surface area contributed by atoms with Gasteiger partial charge in [0.1, 0.15) is 12.4 Å². The third kappa shape index (κ3) is 3.93. The molecule has 106 valence electrons. The normalized spacial score (nSPS) is 9.90. The Morgan fingerprint density at radius 2 is 1.86 bits per heavy atom. The lowest BCUT2D eigenvalue weighted by molar-refractivity contribution is -0.121. The van der Waals surface area contributed by atoms with Crippen LogP contribution in [0.2, 0.25) is 0 Å². The van der Waals surface area contributed by atoms with Crippen molar-refractivity contribution >= 4 is 5.78 Å². The van der Waals surface area contributed by atoms with Gasteiger partial charge in [-0.15, -0.1) is 0 Å². The van der Waals surface area contributed by atoms with Crippen molar-refractivity contribution in [2.24, 2.45) is 0 Å². The lowest BCUT2D eigenvalue weighted by atomic mass is 10.0. The number of ether oxygens (including phenoxy) is 1. The van der Waals surface area contributed by atoms with Gasteiger partial charge in [-0.3, -0.25) is 4.79 Å². The maximum absolute atomic E-state index is 11.4. The first-order valence-electron chi connectivity index (χ1n) is 6.98. The molecule has 0 radical (unpaired) electrons. The van der Waals surface area contributed by atoms with Crippen LogP contribution < -0.4 is 4.74 Å². The Hall–Kier alpha value is -2.60. The molecule has 0 fully saturated rings. The second-order valence-corrected chi connectivity index (χ2v) is 4.76. The summed E-state index contributed by atoms with van der Waals surface area (Å²) in [5, 5.41) is 9.12. The highest BCUT2D eigenvalue weighted by Gasteiger charge is 2.05. The number of Topliss-reactive ketones (excluding diaryl/α,β-unsaturated/α-hetero) is 1. The van der Waals surface area contributed by atoms with Crippen LogP contribution in [0.5, 0.6) is 5.75 Å². The number of nitriles is 1. The maximum Gasteiger partial charge on any atom is 0.170 e. The predicted molar refractivity (Wildman–Crippen MR) is 82.0 cm³/mol. The summed E-state index contributed by atoms with van der Waals surface area (Å²) in [5.74, 6) is 0.772. The Morgan fingerprint density at radius 3 is 2.52 bits per heavy atom. The first-order valence-corrected chi connectivity index (χ1v) is 6.98. The number of ketones is 1. The fourth-order valence-electron chi connectivity index (χ4n) is 2.08. The summed E-state index contributed by atoms with van der Waals surface area (Å²) >= 11 is 0. The summed E-state index contributed by atoms with van der Waals surface area (Å²) < 4.78 is 5.45. The Kier molecular flexibility index (Phi) is 5.11. The number of rotatable bonds is 6. The zero-order valence-corrected chi connectivity index (χ0v) is 12.0. The van der Waals surface area contributed by atoms with Gasteiger partial charge in [-0.05, 0) is 35.7 Å². The van der Waals surface area contributed by atoms with E-state index in [0.717, 1.165) is 17.5 Å². The van der Waals surface area contributed by atoms with E-state index in [4.69, 9.17) is 10.00 Å². The largest absolute Gasteiger partial charge is 0.486 e. The SMILES string of the molecule is CCCC(=O)COc1ccc(-c2ccccc2C#N)cc1. The third-order valence-corrected chi connectivity index (χ3v) is 3.14. The van der Waals surface area contributed by atoms with Crippen molar-refractivity contribution in [3.8, 4) is 22.9 Å². The molecule has 0 N–H and O–H groups in total. The standard InChI is InChI=1S/C18H17NO2/c1-2-5-16(20)13-21-17-10-8-14(9-11-17)18-7-4-3-6-15(18)12-19/h3-4,6-11H,2,5,13H2,1H3. The van der Waals surface area contributed by atoms with Crippen LogP contribution in [0.15, 0.2) is 48.5 Å². The molecule has 2 rings (SSSR count). The van der Waals surface area contributed by atoms with E-state index in [1.165, 1.54) is 0 Å². The number of carbonyl (C=O) groups excluding carboxylic acids is 1. The molecule has 3 heteroatoms. The predicted octanol–water partition coefficient (Wildman–Crippen LogP) is 3.97. The van der Waals surface area contributed by atoms with E-state index < -0.39 is 0 Å². The van der Waals surface area contributed by atoms with Crippen molar-refractivity contribution in [2.75, 3.05) is 6.61 Å². The molecule has 0 aliphatic carbocycles. The van der Waals surface area contributed by atoms with Gasteiger partial charge in [0.25, 0.3) is 0 Å². The molecule has 0 amide bonds. The van der Waals surface area contributed by atoms with E-state index in [2.05, 4.69) is 6.07 Å². The molecule has 0 unspecified atom stereocenters. The van der Waals surface area contributed by atoms with Crippen molar-refractivity contribution in [1.82, 2.24) is 0 Å². The Balaban J connectivity index is 2.09. The van der Waals surface area contributed by atoms with Crippen molar-refractivity contribution < 1.29 is 9.53 Å². The molecule has 2 aromatic rings. The number of benzene rings is 2. The first-order chi connectivity index (χ1) is 10.2. The fraction of sp³-hybridized carbons (Fsp3) is 0.222. The summed E-state index contributed by atoms with van der Waals surface area (Å²) in [6.07, 6.45) is 1.39. The molecule has 0 saturated heterocycles. The van der Waals surface area contributed by atoms with Crippen LogP contribution >= 0.6 is 0 Å². The molecular weight excluding hydrogens is 262 g/mol. The minimum Gasteiger partial charge on any atom is -0.486 e. The molecule has 21 heavy (non-hydrogen) atoms. The summed E-state index contributed by atoms with van der Waals surface area (Å²) in [4.78, 5) is 11.4. The molecule has 0 heterocycles. The van der Waals surface area contributed by atoms with Crippen LogP contribution in [0, 0.1) is 11.3 Å². The van der Waals surface area contributed by atoms with Gasteiger partial charge in [0.05, 0.1) is 11.6 Å². The zero-order valence-electron chi connectivity index (χ0n) is 12.0. The second-order valence-electron chi connectivity index (χ2n) is 4.76. The number of carbonyl (C=O) groups is 1. The Labute approximate surface area is 124 Å². The Bertz CT molecular complexity index is 654. The van der Waals surface area contributed by atoms with Crippen LogP contribution in [-0.4, -0.2) is 12.4 Å². The quantitative estimate of drug-likeness (QED) is 0.803. The molecule has 0 aliphatic rings. The fourth-order valence-corrected chi connectivity index (χ4v) is 2.08. The molecule has 0 aromatic heterocycles.